The van der Waals surface area contributed by atoms with Crippen LogP contribution >= 0.6 is 0 Å². The van der Waals surface area contributed by atoms with Crippen LogP contribution in [0, 0.1) is 6.92 Å². The molecular weight excluding hydrogens is 242 g/mol. The number of amides is 1. The van der Waals surface area contributed by atoms with Gasteiger partial charge in [-0.1, -0.05) is 0 Å². The number of hydrogen-bond donors (Lipinski definition) is 1. The Morgan fingerprint density at radius 1 is 1.53 bits per heavy atom. The molecule has 2 rings (SSSR count). The van der Waals surface area contributed by atoms with Crippen molar-refractivity contribution in [2.75, 3.05) is 0 Å². The van der Waals surface area contributed by atoms with E-state index in [-0.39, 0.29) is 29.7 Å². The van der Waals surface area contributed by atoms with Crippen molar-refractivity contribution >= 4 is 5.91 Å². The van der Waals surface area contributed by atoms with Crippen molar-refractivity contribution < 1.29 is 9.53 Å². The molecule has 2 heterocycles. The molecule has 1 amide bonds. The van der Waals surface area contributed by atoms with Gasteiger partial charge in [-0.2, -0.15) is 5.10 Å². The summed E-state index contributed by atoms with van der Waals surface area (Å²) in [5.41, 5.74) is 0.390. The SMILES string of the molecule is Cc1ccn(CC(=O)NC2CC(C)(C)OC2(C)C)n1. The summed E-state index contributed by atoms with van der Waals surface area (Å²) in [6, 6.07) is 1.92. The maximum Gasteiger partial charge on any atom is 0.242 e. The van der Waals surface area contributed by atoms with Crippen LogP contribution < -0.4 is 5.32 Å². The predicted molar refractivity (Wildman–Crippen MR) is 72.8 cm³/mol. The molecule has 1 atom stereocenters. The van der Waals surface area contributed by atoms with E-state index >= 15 is 0 Å². The molecule has 5 heteroatoms. The Kier molecular flexibility index (Phi) is 3.43. The summed E-state index contributed by atoms with van der Waals surface area (Å²) in [6.45, 7) is 10.3. The molecular formula is C14H23N3O2. The van der Waals surface area contributed by atoms with Gasteiger partial charge in [0.15, 0.2) is 0 Å². The molecule has 0 aliphatic carbocycles. The van der Waals surface area contributed by atoms with Crippen LogP contribution in [0.2, 0.25) is 0 Å². The van der Waals surface area contributed by atoms with Crippen LogP contribution in [0.15, 0.2) is 12.3 Å². The molecule has 1 aromatic heterocycles. The molecule has 1 fully saturated rings. The number of carbonyl (C=O) groups is 1. The highest BCUT2D eigenvalue weighted by Crippen LogP contribution is 2.37. The van der Waals surface area contributed by atoms with Gasteiger partial charge in [0.1, 0.15) is 6.54 Å². The first-order valence-corrected chi connectivity index (χ1v) is 6.68. The topological polar surface area (TPSA) is 56.2 Å². The fraction of sp³-hybridized carbons (Fsp3) is 0.714. The van der Waals surface area contributed by atoms with E-state index in [1.54, 1.807) is 4.68 Å². The van der Waals surface area contributed by atoms with Gasteiger partial charge >= 0.3 is 0 Å². The maximum absolute atomic E-state index is 12.0. The maximum atomic E-state index is 12.0. The second-order valence-corrected chi connectivity index (χ2v) is 6.44. The Balaban J connectivity index is 1.96. The van der Waals surface area contributed by atoms with E-state index in [2.05, 4.69) is 24.3 Å². The molecule has 0 bridgehead atoms. The number of aromatic nitrogens is 2. The molecule has 0 aromatic carbocycles. The van der Waals surface area contributed by atoms with Gasteiger partial charge in [-0.3, -0.25) is 9.48 Å². The average Bonchev–Trinajstić information content (AvgIpc) is 2.68. The second-order valence-electron chi connectivity index (χ2n) is 6.44. The van der Waals surface area contributed by atoms with Gasteiger partial charge in [-0.15, -0.1) is 0 Å². The third-order valence-corrected chi connectivity index (χ3v) is 3.49. The normalized spacial score (nSPS) is 24.4. The number of rotatable bonds is 3. The highest BCUT2D eigenvalue weighted by molar-refractivity contribution is 5.76. The highest BCUT2D eigenvalue weighted by atomic mass is 16.5. The zero-order valence-electron chi connectivity index (χ0n) is 12.4. The van der Waals surface area contributed by atoms with E-state index in [0.717, 1.165) is 12.1 Å². The predicted octanol–water partition coefficient (Wildman–Crippen LogP) is 1.65. The summed E-state index contributed by atoms with van der Waals surface area (Å²) in [4.78, 5) is 12.0. The van der Waals surface area contributed by atoms with Gasteiger partial charge in [0.2, 0.25) is 5.91 Å². The van der Waals surface area contributed by atoms with Crippen molar-refractivity contribution in [2.24, 2.45) is 0 Å². The zero-order chi connectivity index (χ0) is 14.3. The minimum absolute atomic E-state index is 0.0255. The van der Waals surface area contributed by atoms with E-state index in [4.69, 9.17) is 4.74 Å². The van der Waals surface area contributed by atoms with Crippen LogP contribution in [-0.2, 0) is 16.1 Å². The van der Waals surface area contributed by atoms with E-state index in [9.17, 15) is 4.79 Å². The number of carbonyl (C=O) groups excluding carboxylic acids is 1. The molecule has 0 radical (unpaired) electrons. The van der Waals surface area contributed by atoms with E-state index in [1.807, 2.05) is 33.0 Å². The van der Waals surface area contributed by atoms with Crippen LogP contribution in [0.3, 0.4) is 0 Å². The van der Waals surface area contributed by atoms with Gasteiger partial charge in [0.25, 0.3) is 0 Å². The van der Waals surface area contributed by atoms with Crippen molar-refractivity contribution in [1.29, 1.82) is 0 Å². The van der Waals surface area contributed by atoms with Crippen LogP contribution in [0.1, 0.15) is 39.8 Å². The summed E-state index contributed by atoms with van der Waals surface area (Å²) in [5, 5.41) is 7.27. The van der Waals surface area contributed by atoms with Crippen LogP contribution in [-0.4, -0.2) is 32.9 Å². The average molecular weight is 265 g/mol. The molecule has 1 N–H and O–H groups in total. The number of nitrogens with one attached hydrogen (secondary N) is 1. The third-order valence-electron chi connectivity index (χ3n) is 3.49. The summed E-state index contributed by atoms with van der Waals surface area (Å²) in [5.74, 6) is -0.0255. The monoisotopic (exact) mass is 265 g/mol. The van der Waals surface area contributed by atoms with Crippen molar-refractivity contribution in [1.82, 2.24) is 15.1 Å². The molecule has 1 aromatic rings. The standard InChI is InChI=1S/C14H23N3O2/c1-10-6-7-17(16-10)9-12(18)15-11-8-13(2,3)19-14(11,4)5/h6-7,11H,8-9H2,1-5H3,(H,15,18). The first-order chi connectivity index (χ1) is 8.68. The number of nitrogens with zero attached hydrogens (tertiary/aromatic N) is 2. The largest absolute Gasteiger partial charge is 0.367 e. The quantitative estimate of drug-likeness (QED) is 0.904. The summed E-state index contributed by atoms with van der Waals surface area (Å²) in [7, 11) is 0. The molecule has 1 aliphatic heterocycles. The Labute approximate surface area is 114 Å². The summed E-state index contributed by atoms with van der Waals surface area (Å²) < 4.78 is 7.62. The Hall–Kier alpha value is -1.36. The van der Waals surface area contributed by atoms with E-state index in [1.165, 1.54) is 0 Å². The first-order valence-electron chi connectivity index (χ1n) is 6.68. The van der Waals surface area contributed by atoms with E-state index in [0.29, 0.717) is 0 Å². The molecule has 1 aliphatic rings. The first kappa shape index (κ1) is 14.1. The minimum Gasteiger partial charge on any atom is -0.367 e. The fourth-order valence-corrected chi connectivity index (χ4v) is 2.73. The lowest BCUT2D eigenvalue weighted by molar-refractivity contribution is -0.124. The lowest BCUT2D eigenvalue weighted by Crippen LogP contribution is -2.47. The molecule has 19 heavy (non-hydrogen) atoms. The van der Waals surface area contributed by atoms with Crippen LogP contribution in [0.25, 0.3) is 0 Å². The summed E-state index contributed by atoms with van der Waals surface area (Å²) >= 11 is 0. The fourth-order valence-electron chi connectivity index (χ4n) is 2.73. The molecule has 5 nitrogen and oxygen atoms in total. The smallest absolute Gasteiger partial charge is 0.242 e. The van der Waals surface area contributed by atoms with Gasteiger partial charge in [-0.05, 0) is 47.1 Å². The van der Waals surface area contributed by atoms with Gasteiger partial charge in [-0.25, -0.2) is 0 Å². The Morgan fingerprint density at radius 3 is 2.68 bits per heavy atom. The third kappa shape index (κ3) is 3.35. The van der Waals surface area contributed by atoms with Crippen molar-refractivity contribution in [3.05, 3.63) is 18.0 Å². The zero-order valence-corrected chi connectivity index (χ0v) is 12.4. The highest BCUT2D eigenvalue weighted by Gasteiger charge is 2.46. The second kappa shape index (κ2) is 4.63. The number of hydrogen-bond acceptors (Lipinski definition) is 3. The number of aryl methyl sites for hydroxylation is 1. The molecule has 0 spiro atoms. The summed E-state index contributed by atoms with van der Waals surface area (Å²) in [6.07, 6.45) is 2.64. The van der Waals surface area contributed by atoms with Crippen molar-refractivity contribution in [3.63, 3.8) is 0 Å². The van der Waals surface area contributed by atoms with Gasteiger partial charge < -0.3 is 10.1 Å². The number of ether oxygens (including phenoxy) is 1. The lowest BCUT2D eigenvalue weighted by Gasteiger charge is -2.27. The molecule has 106 valence electrons. The molecule has 0 saturated carbocycles. The Bertz CT molecular complexity index is 477. The lowest BCUT2D eigenvalue weighted by atomic mass is 9.94. The van der Waals surface area contributed by atoms with Crippen LogP contribution in [0.5, 0.6) is 0 Å². The molecule has 1 unspecified atom stereocenters. The van der Waals surface area contributed by atoms with Gasteiger partial charge in [0, 0.05) is 6.20 Å². The minimum atomic E-state index is -0.334. The van der Waals surface area contributed by atoms with Crippen molar-refractivity contribution in [3.8, 4) is 0 Å². The van der Waals surface area contributed by atoms with Crippen molar-refractivity contribution in [2.45, 2.75) is 64.8 Å². The molecule has 1 saturated heterocycles. The van der Waals surface area contributed by atoms with E-state index < -0.39 is 0 Å². The Morgan fingerprint density at radius 2 is 2.21 bits per heavy atom. The van der Waals surface area contributed by atoms with Crippen LogP contribution in [0.4, 0.5) is 0 Å². The van der Waals surface area contributed by atoms with Gasteiger partial charge in [0.05, 0.1) is 22.9 Å².